The van der Waals surface area contributed by atoms with Gasteiger partial charge in [0.25, 0.3) is 5.56 Å². The van der Waals surface area contributed by atoms with Crippen LogP contribution in [0.25, 0.3) is 11.2 Å². The van der Waals surface area contributed by atoms with Crippen LogP contribution in [-0.4, -0.2) is 65.7 Å². The Labute approximate surface area is 141 Å². The molecular weight excluding hydrogens is 334 g/mol. The SMILES string of the molecule is CCCC(=O)Nc1nc2c(ncn2[C@@H]2O[C@H](CO)C(O)C2O)c(=O)[nH]1. The largest absolute Gasteiger partial charge is 0.394 e. The van der Waals surface area contributed by atoms with Crippen molar-refractivity contribution in [2.45, 2.75) is 44.3 Å². The number of anilines is 1. The third-order valence-corrected chi connectivity index (χ3v) is 3.96. The minimum atomic E-state index is -1.34. The van der Waals surface area contributed by atoms with Crippen LogP contribution in [0.15, 0.2) is 11.1 Å². The normalized spacial score (nSPS) is 26.2. The van der Waals surface area contributed by atoms with E-state index in [4.69, 9.17) is 4.74 Å². The van der Waals surface area contributed by atoms with Gasteiger partial charge >= 0.3 is 0 Å². The maximum Gasteiger partial charge on any atom is 0.280 e. The van der Waals surface area contributed by atoms with E-state index >= 15 is 0 Å². The molecule has 5 N–H and O–H groups in total. The van der Waals surface area contributed by atoms with Gasteiger partial charge in [-0.3, -0.25) is 24.5 Å². The lowest BCUT2D eigenvalue weighted by atomic mass is 10.1. The molecule has 2 aromatic heterocycles. The minimum Gasteiger partial charge on any atom is -0.394 e. The lowest BCUT2D eigenvalue weighted by Gasteiger charge is -2.16. The molecule has 0 spiro atoms. The smallest absolute Gasteiger partial charge is 0.280 e. The lowest BCUT2D eigenvalue weighted by Crippen LogP contribution is -2.33. The molecule has 0 radical (unpaired) electrons. The number of carbonyl (C=O) groups excluding carboxylic acids is 1. The first-order chi connectivity index (χ1) is 12.0. The Balaban J connectivity index is 1.98. The molecule has 1 fully saturated rings. The fourth-order valence-electron chi connectivity index (χ4n) is 2.70. The third-order valence-electron chi connectivity index (χ3n) is 3.96. The number of carbonyl (C=O) groups is 1. The number of H-pyrrole nitrogens is 1. The first kappa shape index (κ1) is 17.5. The maximum atomic E-state index is 12.1. The van der Waals surface area contributed by atoms with Gasteiger partial charge in [0, 0.05) is 6.42 Å². The summed E-state index contributed by atoms with van der Waals surface area (Å²) in [5.41, 5.74) is -0.501. The number of hydrogen-bond donors (Lipinski definition) is 5. The van der Waals surface area contributed by atoms with Crippen LogP contribution in [0, 0.1) is 0 Å². The van der Waals surface area contributed by atoms with Gasteiger partial charge in [0.1, 0.15) is 18.3 Å². The molecule has 4 atom stereocenters. The van der Waals surface area contributed by atoms with Gasteiger partial charge in [0.2, 0.25) is 11.9 Å². The molecule has 1 aliphatic heterocycles. The zero-order valence-electron chi connectivity index (χ0n) is 13.4. The van der Waals surface area contributed by atoms with Crippen LogP contribution in [0.3, 0.4) is 0 Å². The number of fused-ring (bicyclic) bond motifs is 1. The summed E-state index contributed by atoms with van der Waals surface area (Å²) < 4.78 is 6.70. The molecule has 1 amide bonds. The maximum absolute atomic E-state index is 12.1. The molecule has 2 unspecified atom stereocenters. The highest BCUT2D eigenvalue weighted by Crippen LogP contribution is 2.30. The summed E-state index contributed by atoms with van der Waals surface area (Å²) in [5.74, 6) is -0.353. The Hall–Kier alpha value is -2.34. The Morgan fingerprint density at radius 1 is 1.44 bits per heavy atom. The van der Waals surface area contributed by atoms with Gasteiger partial charge < -0.3 is 20.1 Å². The van der Waals surface area contributed by atoms with Crippen molar-refractivity contribution in [2.24, 2.45) is 0 Å². The number of hydrogen-bond acceptors (Lipinski definition) is 8. The van der Waals surface area contributed by atoms with E-state index in [1.807, 2.05) is 6.92 Å². The molecular formula is C14H19N5O6. The third kappa shape index (κ3) is 3.14. The van der Waals surface area contributed by atoms with Crippen LogP contribution in [0.2, 0.25) is 0 Å². The Bertz CT molecular complexity index is 833. The molecule has 11 nitrogen and oxygen atoms in total. The number of aromatic nitrogens is 4. The number of aliphatic hydroxyl groups is 3. The fraction of sp³-hybridized carbons (Fsp3) is 0.571. The van der Waals surface area contributed by atoms with Crippen molar-refractivity contribution in [3.8, 4) is 0 Å². The zero-order chi connectivity index (χ0) is 18.1. The number of aliphatic hydroxyl groups excluding tert-OH is 3. The summed E-state index contributed by atoms with van der Waals surface area (Å²) >= 11 is 0. The molecule has 1 saturated heterocycles. The van der Waals surface area contributed by atoms with Crippen LogP contribution in [0.1, 0.15) is 26.0 Å². The molecule has 0 bridgehead atoms. The van der Waals surface area contributed by atoms with Gasteiger partial charge in [-0.15, -0.1) is 0 Å². The quantitative estimate of drug-likeness (QED) is 0.432. The molecule has 1 aliphatic rings. The van der Waals surface area contributed by atoms with E-state index in [0.717, 1.165) is 0 Å². The van der Waals surface area contributed by atoms with E-state index < -0.39 is 36.7 Å². The molecule has 136 valence electrons. The van der Waals surface area contributed by atoms with Crippen molar-refractivity contribution in [3.05, 3.63) is 16.7 Å². The predicted molar refractivity (Wildman–Crippen MR) is 84.7 cm³/mol. The van der Waals surface area contributed by atoms with Crippen molar-refractivity contribution in [1.29, 1.82) is 0 Å². The highest BCUT2D eigenvalue weighted by atomic mass is 16.6. The highest BCUT2D eigenvalue weighted by molar-refractivity contribution is 5.89. The van der Waals surface area contributed by atoms with Gasteiger partial charge in [0.15, 0.2) is 17.4 Å². The molecule has 2 aromatic rings. The summed E-state index contributed by atoms with van der Waals surface area (Å²) in [7, 11) is 0. The number of amides is 1. The second-order valence-corrected chi connectivity index (χ2v) is 5.77. The van der Waals surface area contributed by atoms with Gasteiger partial charge in [-0.05, 0) is 6.42 Å². The number of nitrogens with one attached hydrogen (secondary N) is 2. The number of imidazole rings is 1. The molecule has 0 aliphatic carbocycles. The number of rotatable bonds is 5. The average molecular weight is 353 g/mol. The summed E-state index contributed by atoms with van der Waals surface area (Å²) in [6, 6.07) is 0. The monoisotopic (exact) mass is 353 g/mol. The van der Waals surface area contributed by atoms with Gasteiger partial charge in [-0.2, -0.15) is 4.98 Å². The van der Waals surface area contributed by atoms with Crippen molar-refractivity contribution in [1.82, 2.24) is 19.5 Å². The van der Waals surface area contributed by atoms with Crippen LogP contribution in [-0.2, 0) is 9.53 Å². The average Bonchev–Trinajstić information content (AvgIpc) is 3.10. The van der Waals surface area contributed by atoms with Crippen molar-refractivity contribution < 1.29 is 24.9 Å². The van der Waals surface area contributed by atoms with E-state index in [-0.39, 0.29) is 29.4 Å². The van der Waals surface area contributed by atoms with Crippen LogP contribution < -0.4 is 10.9 Å². The van der Waals surface area contributed by atoms with Crippen molar-refractivity contribution in [2.75, 3.05) is 11.9 Å². The molecule has 0 aromatic carbocycles. The standard InChI is InChI=1S/C14H19N5O6/c1-2-3-7(21)16-14-17-11-8(12(24)18-14)15-5-19(11)13-10(23)9(22)6(4-20)25-13/h5-6,9-10,13,20,22-23H,2-4H2,1H3,(H2,16,17,18,21,24)/t6-,9?,10?,13-/m1/s1. The molecule has 25 heavy (non-hydrogen) atoms. The first-order valence-electron chi connectivity index (χ1n) is 7.85. The summed E-state index contributed by atoms with van der Waals surface area (Å²) in [5, 5.41) is 31.7. The van der Waals surface area contributed by atoms with Crippen LogP contribution in [0.5, 0.6) is 0 Å². The molecule has 0 saturated carbocycles. The van der Waals surface area contributed by atoms with Crippen molar-refractivity contribution in [3.63, 3.8) is 0 Å². The summed E-state index contributed by atoms with van der Waals surface area (Å²) in [4.78, 5) is 34.3. The number of nitrogens with zero attached hydrogens (tertiary/aromatic N) is 3. The highest BCUT2D eigenvalue weighted by Gasteiger charge is 2.44. The number of aromatic amines is 1. The van der Waals surface area contributed by atoms with E-state index in [0.29, 0.717) is 6.42 Å². The Kier molecular flexibility index (Phi) is 4.81. The topological polar surface area (TPSA) is 163 Å². The second-order valence-electron chi connectivity index (χ2n) is 5.77. The van der Waals surface area contributed by atoms with Gasteiger partial charge in [-0.1, -0.05) is 6.92 Å². The van der Waals surface area contributed by atoms with E-state index in [1.54, 1.807) is 0 Å². The molecule has 3 rings (SSSR count). The summed E-state index contributed by atoms with van der Waals surface area (Å²) in [6.07, 6.45) is -2.53. The van der Waals surface area contributed by atoms with Crippen molar-refractivity contribution >= 4 is 23.0 Å². The van der Waals surface area contributed by atoms with E-state index in [2.05, 4.69) is 20.3 Å². The Morgan fingerprint density at radius 2 is 2.20 bits per heavy atom. The van der Waals surface area contributed by atoms with E-state index in [9.17, 15) is 24.9 Å². The minimum absolute atomic E-state index is 0.00812. The van der Waals surface area contributed by atoms with Crippen LogP contribution >= 0.6 is 0 Å². The first-order valence-corrected chi connectivity index (χ1v) is 7.85. The molecule has 3 heterocycles. The summed E-state index contributed by atoms with van der Waals surface area (Å²) in [6.45, 7) is 1.36. The second kappa shape index (κ2) is 6.88. The molecule has 11 heteroatoms. The predicted octanol–water partition coefficient (Wildman–Crippen LogP) is -1.53. The van der Waals surface area contributed by atoms with Gasteiger partial charge in [0.05, 0.1) is 12.9 Å². The zero-order valence-corrected chi connectivity index (χ0v) is 13.4. The van der Waals surface area contributed by atoms with Crippen LogP contribution in [0.4, 0.5) is 5.95 Å². The fourth-order valence-corrected chi connectivity index (χ4v) is 2.70. The van der Waals surface area contributed by atoms with Gasteiger partial charge in [-0.25, -0.2) is 4.98 Å². The lowest BCUT2D eigenvalue weighted by molar-refractivity contribution is -0.116. The van der Waals surface area contributed by atoms with E-state index in [1.165, 1.54) is 10.9 Å². The number of ether oxygens (including phenoxy) is 1. The Morgan fingerprint density at radius 3 is 2.84 bits per heavy atom.